The summed E-state index contributed by atoms with van der Waals surface area (Å²) in [4.78, 5) is 0. The molecule has 0 bridgehead atoms. The first-order chi connectivity index (χ1) is 6.81. The first-order valence-electron chi connectivity index (χ1n) is 6.07. The Morgan fingerprint density at radius 2 is 1.71 bits per heavy atom. The zero-order chi connectivity index (χ0) is 10.6. The Morgan fingerprint density at radius 1 is 1.00 bits per heavy atom. The molecular weight excluding hydrogens is 176 g/mol. The number of hydrogen-bond acceptors (Lipinski definition) is 2. The standard InChI is InChI=1S/C12H26O2/c1-3-5-6-7-8-9-12(13)10-11-14-4-2/h12-13H,3-11H2,1-2H3. The second kappa shape index (κ2) is 11.0. The van der Waals surface area contributed by atoms with Gasteiger partial charge in [-0.2, -0.15) is 0 Å². The van der Waals surface area contributed by atoms with Gasteiger partial charge in [-0.05, 0) is 19.8 Å². The smallest absolute Gasteiger partial charge is 0.0562 e. The first kappa shape index (κ1) is 13.9. The maximum absolute atomic E-state index is 9.55. The third-order valence-corrected chi connectivity index (χ3v) is 2.44. The molecule has 0 rings (SSSR count). The van der Waals surface area contributed by atoms with Crippen molar-refractivity contribution in [3.8, 4) is 0 Å². The summed E-state index contributed by atoms with van der Waals surface area (Å²) in [5, 5.41) is 9.55. The molecule has 0 fully saturated rings. The second-order valence-electron chi connectivity index (χ2n) is 3.84. The normalized spacial score (nSPS) is 13.1. The molecule has 1 N–H and O–H groups in total. The Balaban J connectivity index is 3.06. The van der Waals surface area contributed by atoms with Crippen molar-refractivity contribution in [3.05, 3.63) is 0 Å². The molecule has 0 radical (unpaired) electrons. The highest BCUT2D eigenvalue weighted by molar-refractivity contribution is 4.55. The molecule has 0 saturated heterocycles. The molecule has 1 atom stereocenters. The van der Waals surface area contributed by atoms with Crippen molar-refractivity contribution in [2.45, 2.75) is 64.9 Å². The molecule has 0 aromatic rings. The molecule has 2 nitrogen and oxygen atoms in total. The van der Waals surface area contributed by atoms with Crippen LogP contribution in [0.3, 0.4) is 0 Å². The van der Waals surface area contributed by atoms with E-state index in [2.05, 4.69) is 6.92 Å². The molecule has 0 saturated carbocycles. The Hall–Kier alpha value is -0.0800. The third-order valence-electron chi connectivity index (χ3n) is 2.44. The first-order valence-corrected chi connectivity index (χ1v) is 6.07. The zero-order valence-corrected chi connectivity index (χ0v) is 9.80. The largest absolute Gasteiger partial charge is 0.393 e. The van der Waals surface area contributed by atoms with Crippen LogP contribution in [0.15, 0.2) is 0 Å². The Bertz CT molecular complexity index is 104. The van der Waals surface area contributed by atoms with Crippen LogP contribution in [0.5, 0.6) is 0 Å². The molecule has 0 aliphatic heterocycles. The fourth-order valence-electron chi connectivity index (χ4n) is 1.49. The van der Waals surface area contributed by atoms with E-state index < -0.39 is 0 Å². The number of rotatable bonds is 10. The lowest BCUT2D eigenvalue weighted by Crippen LogP contribution is -2.10. The molecule has 0 heterocycles. The molecule has 0 aliphatic carbocycles. The number of ether oxygens (including phenoxy) is 1. The van der Waals surface area contributed by atoms with Gasteiger partial charge in [-0.15, -0.1) is 0 Å². The van der Waals surface area contributed by atoms with Crippen LogP contribution >= 0.6 is 0 Å². The highest BCUT2D eigenvalue weighted by Crippen LogP contribution is 2.09. The van der Waals surface area contributed by atoms with Crippen LogP contribution in [0.2, 0.25) is 0 Å². The van der Waals surface area contributed by atoms with Crippen molar-refractivity contribution >= 4 is 0 Å². The van der Waals surface area contributed by atoms with Crippen LogP contribution in [-0.4, -0.2) is 24.4 Å². The van der Waals surface area contributed by atoms with E-state index in [0.29, 0.717) is 6.61 Å². The molecular formula is C12H26O2. The third kappa shape index (κ3) is 10.0. The van der Waals surface area contributed by atoms with Gasteiger partial charge in [0.1, 0.15) is 0 Å². The van der Waals surface area contributed by atoms with E-state index in [-0.39, 0.29) is 6.10 Å². The van der Waals surface area contributed by atoms with Crippen molar-refractivity contribution < 1.29 is 9.84 Å². The van der Waals surface area contributed by atoms with E-state index in [0.717, 1.165) is 25.9 Å². The summed E-state index contributed by atoms with van der Waals surface area (Å²) in [6, 6.07) is 0. The molecule has 1 unspecified atom stereocenters. The maximum atomic E-state index is 9.55. The van der Waals surface area contributed by atoms with Gasteiger partial charge in [-0.3, -0.25) is 0 Å². The Morgan fingerprint density at radius 3 is 2.36 bits per heavy atom. The van der Waals surface area contributed by atoms with Crippen molar-refractivity contribution in [1.82, 2.24) is 0 Å². The lowest BCUT2D eigenvalue weighted by atomic mass is 10.1. The van der Waals surface area contributed by atoms with Crippen molar-refractivity contribution in [2.75, 3.05) is 13.2 Å². The van der Waals surface area contributed by atoms with Gasteiger partial charge >= 0.3 is 0 Å². The summed E-state index contributed by atoms with van der Waals surface area (Å²) >= 11 is 0. The minimum Gasteiger partial charge on any atom is -0.393 e. The van der Waals surface area contributed by atoms with Crippen LogP contribution in [0.1, 0.15) is 58.8 Å². The van der Waals surface area contributed by atoms with Crippen molar-refractivity contribution in [2.24, 2.45) is 0 Å². The van der Waals surface area contributed by atoms with Crippen LogP contribution < -0.4 is 0 Å². The summed E-state index contributed by atoms with van der Waals surface area (Å²) in [6.45, 7) is 5.66. The average Bonchev–Trinajstić information content (AvgIpc) is 2.18. The Kier molecular flexibility index (Phi) is 10.9. The van der Waals surface area contributed by atoms with E-state index in [1.165, 1.54) is 25.7 Å². The van der Waals surface area contributed by atoms with Gasteiger partial charge in [-0.1, -0.05) is 39.0 Å². The van der Waals surface area contributed by atoms with E-state index in [1.54, 1.807) is 0 Å². The minimum absolute atomic E-state index is 0.150. The number of aliphatic hydroxyl groups is 1. The molecule has 0 aliphatic rings. The molecule has 14 heavy (non-hydrogen) atoms. The van der Waals surface area contributed by atoms with Crippen LogP contribution in [0.25, 0.3) is 0 Å². The molecule has 2 heteroatoms. The lowest BCUT2D eigenvalue weighted by molar-refractivity contribution is 0.0828. The van der Waals surface area contributed by atoms with Gasteiger partial charge in [0, 0.05) is 13.2 Å². The average molecular weight is 202 g/mol. The topological polar surface area (TPSA) is 29.5 Å². The number of aliphatic hydroxyl groups excluding tert-OH is 1. The highest BCUT2D eigenvalue weighted by Gasteiger charge is 2.02. The zero-order valence-electron chi connectivity index (χ0n) is 9.80. The highest BCUT2D eigenvalue weighted by atomic mass is 16.5. The summed E-state index contributed by atoms with van der Waals surface area (Å²) in [5.41, 5.74) is 0. The van der Waals surface area contributed by atoms with E-state index in [9.17, 15) is 5.11 Å². The SMILES string of the molecule is CCCCCCCC(O)CCOCC. The lowest BCUT2D eigenvalue weighted by Gasteiger charge is -2.09. The molecule has 0 aromatic carbocycles. The molecule has 0 spiro atoms. The maximum Gasteiger partial charge on any atom is 0.0562 e. The van der Waals surface area contributed by atoms with Gasteiger partial charge in [0.2, 0.25) is 0 Å². The molecule has 0 aromatic heterocycles. The van der Waals surface area contributed by atoms with Gasteiger partial charge in [0.25, 0.3) is 0 Å². The fraction of sp³-hybridized carbons (Fsp3) is 1.00. The van der Waals surface area contributed by atoms with E-state index >= 15 is 0 Å². The molecule has 86 valence electrons. The van der Waals surface area contributed by atoms with Gasteiger partial charge < -0.3 is 9.84 Å². The van der Waals surface area contributed by atoms with E-state index in [1.807, 2.05) is 6.92 Å². The summed E-state index contributed by atoms with van der Waals surface area (Å²) in [7, 11) is 0. The second-order valence-corrected chi connectivity index (χ2v) is 3.84. The van der Waals surface area contributed by atoms with Crippen molar-refractivity contribution in [1.29, 1.82) is 0 Å². The molecule has 0 amide bonds. The number of hydrogen-bond donors (Lipinski definition) is 1. The van der Waals surface area contributed by atoms with Gasteiger partial charge in [0.15, 0.2) is 0 Å². The van der Waals surface area contributed by atoms with Crippen LogP contribution in [-0.2, 0) is 4.74 Å². The van der Waals surface area contributed by atoms with Crippen LogP contribution in [0, 0.1) is 0 Å². The Labute approximate surface area is 88.7 Å². The summed E-state index contributed by atoms with van der Waals surface area (Å²) in [6.07, 6.45) is 7.94. The minimum atomic E-state index is -0.150. The predicted octanol–water partition coefficient (Wildman–Crippen LogP) is 3.13. The number of unbranched alkanes of at least 4 members (excludes halogenated alkanes) is 4. The predicted molar refractivity (Wildman–Crippen MR) is 60.5 cm³/mol. The van der Waals surface area contributed by atoms with Crippen LogP contribution in [0.4, 0.5) is 0 Å². The summed E-state index contributed by atoms with van der Waals surface area (Å²) < 4.78 is 5.19. The quantitative estimate of drug-likeness (QED) is 0.551. The summed E-state index contributed by atoms with van der Waals surface area (Å²) in [5.74, 6) is 0. The monoisotopic (exact) mass is 202 g/mol. The van der Waals surface area contributed by atoms with E-state index in [4.69, 9.17) is 4.74 Å². The van der Waals surface area contributed by atoms with Gasteiger partial charge in [0.05, 0.1) is 6.10 Å². The van der Waals surface area contributed by atoms with Gasteiger partial charge in [-0.25, -0.2) is 0 Å². The van der Waals surface area contributed by atoms with Crippen molar-refractivity contribution in [3.63, 3.8) is 0 Å². The fourth-order valence-corrected chi connectivity index (χ4v) is 1.49.